The molecule has 2 aromatic rings. The molecule has 0 saturated heterocycles. The number of nitrogens with zero attached hydrogens (tertiary/aromatic N) is 5. The standard InChI is InChI=1S/C8H6N6O4/c9-5-1-7(12-4-10-3-11-12)8(14(17)18)2-6(5)13(15)16/h1-4H,9H2. The SMILES string of the molecule is Nc1cc(-n2cncn2)c([N+](=O)[O-])cc1[N+](=O)[O-]. The summed E-state index contributed by atoms with van der Waals surface area (Å²) in [6.45, 7) is 0. The average molecular weight is 250 g/mol. The van der Waals surface area contributed by atoms with Crippen molar-refractivity contribution < 1.29 is 9.85 Å². The number of hydrogen-bond acceptors (Lipinski definition) is 7. The van der Waals surface area contributed by atoms with Gasteiger partial charge in [0.25, 0.3) is 5.69 Å². The highest BCUT2D eigenvalue weighted by Crippen LogP contribution is 2.32. The molecule has 0 aliphatic heterocycles. The molecule has 0 bridgehead atoms. The van der Waals surface area contributed by atoms with Crippen molar-refractivity contribution in [2.24, 2.45) is 0 Å². The van der Waals surface area contributed by atoms with Gasteiger partial charge in [0.1, 0.15) is 24.0 Å². The zero-order valence-corrected chi connectivity index (χ0v) is 8.76. The van der Waals surface area contributed by atoms with Crippen LogP contribution in [0.1, 0.15) is 0 Å². The van der Waals surface area contributed by atoms with E-state index in [1.807, 2.05) is 0 Å². The van der Waals surface area contributed by atoms with E-state index < -0.39 is 21.2 Å². The predicted octanol–water partition coefficient (Wildman–Crippen LogP) is 0.666. The average Bonchev–Trinajstić information content (AvgIpc) is 2.80. The van der Waals surface area contributed by atoms with Crippen molar-refractivity contribution in [2.75, 3.05) is 5.73 Å². The molecule has 0 unspecified atom stereocenters. The largest absolute Gasteiger partial charge is 0.393 e. The molecule has 18 heavy (non-hydrogen) atoms. The third-order valence-corrected chi connectivity index (χ3v) is 2.18. The Kier molecular flexibility index (Phi) is 2.60. The zero-order chi connectivity index (χ0) is 13.3. The quantitative estimate of drug-likeness (QED) is 0.478. The molecule has 2 rings (SSSR count). The number of aromatic nitrogens is 3. The molecular formula is C8H6N6O4. The summed E-state index contributed by atoms with van der Waals surface area (Å²) in [6.07, 6.45) is 2.41. The molecule has 92 valence electrons. The smallest absolute Gasteiger partial charge is 0.301 e. The van der Waals surface area contributed by atoms with Crippen molar-refractivity contribution in [3.05, 3.63) is 45.0 Å². The fraction of sp³-hybridized carbons (Fsp3) is 0. The Labute approximate surface area is 99.0 Å². The summed E-state index contributed by atoms with van der Waals surface area (Å²) in [4.78, 5) is 23.7. The Morgan fingerprint density at radius 3 is 2.33 bits per heavy atom. The van der Waals surface area contributed by atoms with Crippen LogP contribution in [0, 0.1) is 20.2 Å². The van der Waals surface area contributed by atoms with E-state index in [0.717, 1.165) is 16.8 Å². The minimum absolute atomic E-state index is 0.0144. The van der Waals surface area contributed by atoms with E-state index in [2.05, 4.69) is 10.1 Å². The van der Waals surface area contributed by atoms with E-state index in [1.165, 1.54) is 12.7 Å². The number of anilines is 1. The fourth-order valence-corrected chi connectivity index (χ4v) is 1.40. The molecule has 1 heterocycles. The van der Waals surface area contributed by atoms with Gasteiger partial charge in [0.15, 0.2) is 0 Å². The summed E-state index contributed by atoms with van der Waals surface area (Å²) in [7, 11) is 0. The third kappa shape index (κ3) is 1.81. The van der Waals surface area contributed by atoms with E-state index in [9.17, 15) is 20.2 Å². The molecule has 1 aromatic carbocycles. The van der Waals surface area contributed by atoms with Gasteiger partial charge in [-0.1, -0.05) is 0 Å². The lowest BCUT2D eigenvalue weighted by Gasteiger charge is -2.04. The summed E-state index contributed by atoms with van der Waals surface area (Å²) in [5, 5.41) is 25.3. The van der Waals surface area contributed by atoms with Gasteiger partial charge in [0.05, 0.1) is 15.9 Å². The lowest BCUT2D eigenvalue weighted by atomic mass is 10.2. The van der Waals surface area contributed by atoms with E-state index in [0.29, 0.717) is 0 Å². The van der Waals surface area contributed by atoms with Crippen molar-refractivity contribution in [1.82, 2.24) is 14.8 Å². The minimum atomic E-state index is -0.784. The van der Waals surface area contributed by atoms with Gasteiger partial charge in [-0.3, -0.25) is 20.2 Å². The van der Waals surface area contributed by atoms with Crippen molar-refractivity contribution >= 4 is 17.1 Å². The maximum atomic E-state index is 10.9. The summed E-state index contributed by atoms with van der Waals surface area (Å²) >= 11 is 0. The topological polar surface area (TPSA) is 143 Å². The molecule has 1 aromatic heterocycles. The van der Waals surface area contributed by atoms with Crippen LogP contribution < -0.4 is 5.73 Å². The summed E-state index contributed by atoms with van der Waals surface area (Å²) < 4.78 is 1.11. The van der Waals surface area contributed by atoms with E-state index in [-0.39, 0.29) is 11.4 Å². The fourth-order valence-electron chi connectivity index (χ4n) is 1.40. The lowest BCUT2D eigenvalue weighted by molar-refractivity contribution is -0.393. The van der Waals surface area contributed by atoms with Gasteiger partial charge in [-0.2, -0.15) is 5.10 Å². The first-order valence-corrected chi connectivity index (χ1v) is 4.58. The molecule has 2 N–H and O–H groups in total. The molecule has 0 radical (unpaired) electrons. The molecule has 0 amide bonds. The van der Waals surface area contributed by atoms with E-state index >= 15 is 0 Å². The second kappa shape index (κ2) is 4.08. The van der Waals surface area contributed by atoms with Crippen LogP contribution >= 0.6 is 0 Å². The highest BCUT2D eigenvalue weighted by atomic mass is 16.6. The first-order valence-electron chi connectivity index (χ1n) is 4.58. The highest BCUT2D eigenvalue weighted by molar-refractivity contribution is 5.70. The van der Waals surface area contributed by atoms with Crippen molar-refractivity contribution in [2.45, 2.75) is 0 Å². The first kappa shape index (κ1) is 11.4. The van der Waals surface area contributed by atoms with Gasteiger partial charge in [-0.25, -0.2) is 9.67 Å². The Morgan fingerprint density at radius 1 is 1.17 bits per heavy atom. The van der Waals surface area contributed by atoms with Crippen LogP contribution in [0.25, 0.3) is 5.69 Å². The van der Waals surface area contributed by atoms with Crippen LogP contribution in [-0.4, -0.2) is 24.6 Å². The number of nitrogen functional groups attached to an aromatic ring is 1. The molecule has 0 atom stereocenters. The van der Waals surface area contributed by atoms with Crippen molar-refractivity contribution in [3.63, 3.8) is 0 Å². The van der Waals surface area contributed by atoms with Gasteiger partial charge in [0, 0.05) is 6.07 Å². The number of hydrogen-bond donors (Lipinski definition) is 1. The molecule has 0 spiro atoms. The van der Waals surface area contributed by atoms with Crippen LogP contribution in [0.15, 0.2) is 24.8 Å². The maximum Gasteiger partial charge on any atom is 0.301 e. The van der Waals surface area contributed by atoms with Gasteiger partial charge >= 0.3 is 5.69 Å². The minimum Gasteiger partial charge on any atom is -0.393 e. The van der Waals surface area contributed by atoms with Crippen molar-refractivity contribution in [3.8, 4) is 5.69 Å². The van der Waals surface area contributed by atoms with Crippen LogP contribution in [-0.2, 0) is 0 Å². The predicted molar refractivity (Wildman–Crippen MR) is 59.1 cm³/mol. The second-order valence-corrected chi connectivity index (χ2v) is 3.25. The van der Waals surface area contributed by atoms with Crippen LogP contribution in [0.5, 0.6) is 0 Å². The van der Waals surface area contributed by atoms with Gasteiger partial charge in [0.2, 0.25) is 0 Å². The van der Waals surface area contributed by atoms with E-state index in [1.54, 1.807) is 0 Å². The molecule has 0 fully saturated rings. The maximum absolute atomic E-state index is 10.9. The Hall–Kier alpha value is -3.04. The highest BCUT2D eigenvalue weighted by Gasteiger charge is 2.24. The molecule has 0 aliphatic rings. The molecule has 10 heteroatoms. The first-order chi connectivity index (χ1) is 8.50. The third-order valence-electron chi connectivity index (χ3n) is 2.18. The van der Waals surface area contributed by atoms with Crippen LogP contribution in [0.3, 0.4) is 0 Å². The number of nitro benzene ring substituents is 2. The van der Waals surface area contributed by atoms with Crippen LogP contribution in [0.4, 0.5) is 17.1 Å². The number of benzene rings is 1. The summed E-state index contributed by atoms with van der Waals surface area (Å²) in [5.74, 6) is 0. The number of nitrogens with two attached hydrogens (primary N) is 1. The summed E-state index contributed by atoms with van der Waals surface area (Å²) in [5.41, 5.74) is 4.31. The number of rotatable bonds is 3. The number of nitro groups is 2. The normalized spacial score (nSPS) is 10.2. The molecular weight excluding hydrogens is 244 g/mol. The Morgan fingerprint density at radius 2 is 1.83 bits per heavy atom. The van der Waals surface area contributed by atoms with E-state index in [4.69, 9.17) is 5.73 Å². The van der Waals surface area contributed by atoms with Gasteiger partial charge in [-0.05, 0) is 0 Å². The molecule has 0 saturated carbocycles. The van der Waals surface area contributed by atoms with Crippen LogP contribution in [0.2, 0.25) is 0 Å². The monoisotopic (exact) mass is 250 g/mol. The molecule has 10 nitrogen and oxygen atoms in total. The second-order valence-electron chi connectivity index (χ2n) is 3.25. The van der Waals surface area contributed by atoms with Gasteiger partial charge < -0.3 is 5.73 Å². The lowest BCUT2D eigenvalue weighted by Crippen LogP contribution is -2.04. The molecule has 0 aliphatic carbocycles. The Balaban J connectivity index is 2.70. The summed E-state index contributed by atoms with van der Waals surface area (Å²) in [6, 6.07) is 1.91. The van der Waals surface area contributed by atoms with Crippen molar-refractivity contribution in [1.29, 1.82) is 0 Å². The van der Waals surface area contributed by atoms with Gasteiger partial charge in [-0.15, -0.1) is 0 Å². The Bertz CT molecular complexity index is 623. The zero-order valence-electron chi connectivity index (χ0n) is 8.76.